The van der Waals surface area contributed by atoms with Crippen LogP contribution in [0.15, 0.2) is 23.1 Å². The predicted octanol–water partition coefficient (Wildman–Crippen LogP) is 2.28. The maximum absolute atomic E-state index is 13.1. The lowest BCUT2D eigenvalue weighted by Crippen LogP contribution is -2.46. The zero-order valence-electron chi connectivity index (χ0n) is 13.9. The van der Waals surface area contributed by atoms with Gasteiger partial charge in [-0.05, 0) is 50.6 Å². The number of halogens is 1. The number of sulfonamides is 1. The van der Waals surface area contributed by atoms with E-state index in [9.17, 15) is 13.2 Å². The van der Waals surface area contributed by atoms with E-state index in [-0.39, 0.29) is 21.5 Å². The molecule has 24 heavy (non-hydrogen) atoms. The van der Waals surface area contributed by atoms with E-state index in [0.29, 0.717) is 6.54 Å². The largest absolute Gasteiger partial charge is 0.465 e. The Morgan fingerprint density at radius 1 is 1.38 bits per heavy atom. The van der Waals surface area contributed by atoms with E-state index in [4.69, 9.17) is 11.6 Å². The maximum Gasteiger partial charge on any atom is 0.339 e. The van der Waals surface area contributed by atoms with E-state index in [1.807, 2.05) is 6.92 Å². The average molecular weight is 375 g/mol. The van der Waals surface area contributed by atoms with Gasteiger partial charge >= 0.3 is 5.97 Å². The van der Waals surface area contributed by atoms with E-state index in [1.165, 1.54) is 25.3 Å². The van der Waals surface area contributed by atoms with Gasteiger partial charge in [-0.1, -0.05) is 18.5 Å². The lowest BCUT2D eigenvalue weighted by molar-refractivity contribution is 0.0601. The van der Waals surface area contributed by atoms with E-state index in [2.05, 4.69) is 10.1 Å². The van der Waals surface area contributed by atoms with Crippen LogP contribution in [-0.4, -0.2) is 51.5 Å². The van der Waals surface area contributed by atoms with Crippen LogP contribution in [0.3, 0.4) is 0 Å². The van der Waals surface area contributed by atoms with Gasteiger partial charge in [-0.25, -0.2) is 13.2 Å². The van der Waals surface area contributed by atoms with Crippen molar-refractivity contribution in [2.24, 2.45) is 0 Å². The molecule has 0 amide bonds. The second kappa shape index (κ2) is 8.29. The number of ether oxygens (including phenoxy) is 1. The number of methoxy groups -OCH3 is 1. The molecule has 0 unspecified atom stereocenters. The van der Waals surface area contributed by atoms with Gasteiger partial charge < -0.3 is 10.1 Å². The zero-order valence-corrected chi connectivity index (χ0v) is 15.5. The molecule has 8 heteroatoms. The molecule has 1 aromatic rings. The van der Waals surface area contributed by atoms with Crippen molar-refractivity contribution in [2.45, 2.75) is 37.1 Å². The number of nitrogens with zero attached hydrogens (tertiary/aromatic N) is 1. The smallest absolute Gasteiger partial charge is 0.339 e. The number of hydrogen-bond acceptors (Lipinski definition) is 5. The van der Waals surface area contributed by atoms with Gasteiger partial charge in [0.05, 0.1) is 22.6 Å². The fourth-order valence-electron chi connectivity index (χ4n) is 2.88. The summed E-state index contributed by atoms with van der Waals surface area (Å²) in [6.07, 6.45) is 2.30. The molecule has 6 nitrogen and oxygen atoms in total. The lowest BCUT2D eigenvalue weighted by Gasteiger charge is -2.33. The Hall–Kier alpha value is -1.15. The summed E-state index contributed by atoms with van der Waals surface area (Å²) >= 11 is 6.08. The minimum atomic E-state index is -3.67. The van der Waals surface area contributed by atoms with Crippen molar-refractivity contribution in [1.29, 1.82) is 0 Å². The molecule has 0 aliphatic carbocycles. The Labute approximate surface area is 148 Å². The van der Waals surface area contributed by atoms with Gasteiger partial charge in [0.15, 0.2) is 0 Å². The van der Waals surface area contributed by atoms with Crippen LogP contribution >= 0.6 is 11.6 Å². The van der Waals surface area contributed by atoms with Gasteiger partial charge in [0.2, 0.25) is 10.0 Å². The number of esters is 1. The lowest BCUT2D eigenvalue weighted by atomic mass is 10.1. The number of piperidine rings is 1. The molecule has 0 radical (unpaired) electrons. The van der Waals surface area contributed by atoms with Gasteiger partial charge in [0, 0.05) is 12.6 Å². The third-order valence-corrected chi connectivity index (χ3v) is 6.37. The van der Waals surface area contributed by atoms with Crippen molar-refractivity contribution in [3.63, 3.8) is 0 Å². The summed E-state index contributed by atoms with van der Waals surface area (Å²) in [5, 5.41) is 3.32. The molecule has 134 valence electrons. The van der Waals surface area contributed by atoms with E-state index in [1.54, 1.807) is 4.31 Å². The van der Waals surface area contributed by atoms with Crippen molar-refractivity contribution in [3.05, 3.63) is 28.8 Å². The number of rotatable bonds is 6. The summed E-state index contributed by atoms with van der Waals surface area (Å²) in [6.45, 7) is 4.03. The first-order valence-electron chi connectivity index (χ1n) is 8.02. The first-order valence-corrected chi connectivity index (χ1v) is 9.84. The van der Waals surface area contributed by atoms with Gasteiger partial charge in [0.1, 0.15) is 0 Å². The highest BCUT2D eigenvalue weighted by atomic mass is 35.5. The summed E-state index contributed by atoms with van der Waals surface area (Å²) in [5.74, 6) is -0.590. The van der Waals surface area contributed by atoms with Crippen LogP contribution in [0.1, 0.15) is 36.5 Å². The van der Waals surface area contributed by atoms with Crippen LogP contribution in [0.4, 0.5) is 0 Å². The molecule has 1 aliphatic rings. The van der Waals surface area contributed by atoms with E-state index < -0.39 is 16.0 Å². The first kappa shape index (κ1) is 19.2. The summed E-state index contributed by atoms with van der Waals surface area (Å²) < 4.78 is 32.3. The molecule has 0 bridgehead atoms. The molecule has 1 N–H and O–H groups in total. The van der Waals surface area contributed by atoms with Gasteiger partial charge in [0.25, 0.3) is 0 Å². The molecule has 1 heterocycles. The minimum absolute atomic E-state index is 0.0183. The third kappa shape index (κ3) is 4.08. The molecule has 1 aromatic carbocycles. The van der Waals surface area contributed by atoms with Crippen molar-refractivity contribution < 1.29 is 17.9 Å². The molecule has 2 rings (SSSR count). The van der Waals surface area contributed by atoms with E-state index in [0.717, 1.165) is 32.4 Å². The third-order valence-electron chi connectivity index (χ3n) is 4.11. The fraction of sp³-hybridized carbons (Fsp3) is 0.562. The van der Waals surface area contributed by atoms with Crippen LogP contribution < -0.4 is 5.32 Å². The fourth-order valence-corrected chi connectivity index (χ4v) is 5.01. The molecular formula is C16H23ClN2O4S. The Balaban J connectivity index is 2.35. The predicted molar refractivity (Wildman–Crippen MR) is 92.9 cm³/mol. The summed E-state index contributed by atoms with van der Waals surface area (Å²) in [5.41, 5.74) is 0.155. The van der Waals surface area contributed by atoms with Crippen LogP contribution in [0.5, 0.6) is 0 Å². The standard InChI is InChI=1S/C16H23ClN2O4S/c1-3-10-19(12-6-8-18-9-7-12)24(21,22)13-4-5-14(15(17)11-13)16(20)23-2/h4-5,11-12,18H,3,6-10H2,1-2H3. The average Bonchev–Trinajstić information content (AvgIpc) is 2.59. The van der Waals surface area contributed by atoms with E-state index >= 15 is 0 Å². The normalized spacial score (nSPS) is 16.3. The highest BCUT2D eigenvalue weighted by Gasteiger charge is 2.32. The monoisotopic (exact) mass is 374 g/mol. The summed E-state index contributed by atoms with van der Waals surface area (Å²) in [4.78, 5) is 11.7. The number of nitrogens with one attached hydrogen (secondary N) is 1. The topological polar surface area (TPSA) is 75.7 Å². The molecular weight excluding hydrogens is 352 g/mol. The molecule has 1 aliphatic heterocycles. The number of carbonyl (C=O) groups is 1. The molecule has 0 spiro atoms. The number of carbonyl (C=O) groups excluding carboxylic acids is 1. The first-order chi connectivity index (χ1) is 11.4. The second-order valence-electron chi connectivity index (χ2n) is 5.73. The van der Waals surface area contributed by atoms with Gasteiger partial charge in [-0.2, -0.15) is 4.31 Å². The Morgan fingerprint density at radius 2 is 2.04 bits per heavy atom. The molecule has 0 saturated carbocycles. The Morgan fingerprint density at radius 3 is 2.58 bits per heavy atom. The molecule has 0 aromatic heterocycles. The van der Waals surface area contributed by atoms with Crippen LogP contribution in [0.25, 0.3) is 0 Å². The van der Waals surface area contributed by atoms with Crippen molar-refractivity contribution in [3.8, 4) is 0 Å². The minimum Gasteiger partial charge on any atom is -0.465 e. The Bertz CT molecular complexity index is 687. The highest BCUT2D eigenvalue weighted by molar-refractivity contribution is 7.89. The Kier molecular flexibility index (Phi) is 6.62. The van der Waals surface area contributed by atoms with Gasteiger partial charge in [-0.3, -0.25) is 0 Å². The molecule has 1 fully saturated rings. The quantitative estimate of drug-likeness (QED) is 0.773. The zero-order chi connectivity index (χ0) is 17.7. The molecule has 1 saturated heterocycles. The molecule has 0 atom stereocenters. The second-order valence-corrected chi connectivity index (χ2v) is 8.03. The number of benzene rings is 1. The van der Waals surface area contributed by atoms with Crippen LogP contribution in [0, 0.1) is 0 Å². The summed E-state index contributed by atoms with van der Waals surface area (Å²) in [6, 6.07) is 4.12. The van der Waals surface area contributed by atoms with Crippen LogP contribution in [-0.2, 0) is 14.8 Å². The summed E-state index contributed by atoms with van der Waals surface area (Å²) in [7, 11) is -2.41. The van der Waals surface area contributed by atoms with Crippen molar-refractivity contribution >= 4 is 27.6 Å². The van der Waals surface area contributed by atoms with Crippen molar-refractivity contribution in [2.75, 3.05) is 26.7 Å². The highest BCUT2D eigenvalue weighted by Crippen LogP contribution is 2.27. The number of hydrogen-bond donors (Lipinski definition) is 1. The van der Waals surface area contributed by atoms with Crippen molar-refractivity contribution in [1.82, 2.24) is 9.62 Å². The van der Waals surface area contributed by atoms with Crippen LogP contribution in [0.2, 0.25) is 5.02 Å². The SMILES string of the molecule is CCCN(C1CCNCC1)S(=O)(=O)c1ccc(C(=O)OC)c(Cl)c1. The van der Waals surface area contributed by atoms with Gasteiger partial charge in [-0.15, -0.1) is 0 Å². The maximum atomic E-state index is 13.1.